The summed E-state index contributed by atoms with van der Waals surface area (Å²) in [6.07, 6.45) is 6.19. The van der Waals surface area contributed by atoms with Gasteiger partial charge in [-0.05, 0) is 51.6 Å². The van der Waals surface area contributed by atoms with Crippen LogP contribution in [-0.4, -0.2) is 48.2 Å². The van der Waals surface area contributed by atoms with Crippen LogP contribution in [0.15, 0.2) is 0 Å². The van der Waals surface area contributed by atoms with Gasteiger partial charge in [-0.15, -0.1) is 0 Å². The third-order valence-corrected chi connectivity index (χ3v) is 6.03. The van der Waals surface area contributed by atoms with E-state index in [-0.39, 0.29) is 12.6 Å². The molecule has 2 unspecified atom stereocenters. The first-order valence-corrected chi connectivity index (χ1v) is 11.8. The number of ether oxygens (including phenoxy) is 1. The Bertz CT molecular complexity index is 496. The van der Waals surface area contributed by atoms with Crippen molar-refractivity contribution in [1.82, 2.24) is 5.32 Å². The number of esters is 2. The lowest BCUT2D eigenvalue weighted by atomic mass is 10.1. The molecule has 0 aromatic rings. The van der Waals surface area contributed by atoms with Crippen molar-refractivity contribution in [3.05, 3.63) is 0 Å². The van der Waals surface area contributed by atoms with Gasteiger partial charge in [0.1, 0.15) is 6.04 Å². The summed E-state index contributed by atoms with van der Waals surface area (Å²) in [4.78, 5) is 34.4. The lowest BCUT2D eigenvalue weighted by Crippen LogP contribution is -2.37. The maximum atomic E-state index is 12.3. The molecule has 0 aromatic carbocycles. The minimum absolute atomic E-state index is 0.00445. The van der Waals surface area contributed by atoms with Gasteiger partial charge in [0, 0.05) is 0 Å². The van der Waals surface area contributed by atoms with Gasteiger partial charge in [-0.2, -0.15) is 0 Å². The van der Waals surface area contributed by atoms with Crippen molar-refractivity contribution in [2.45, 2.75) is 83.3 Å². The molecule has 3 atom stereocenters. The molecule has 0 spiro atoms. The van der Waals surface area contributed by atoms with Gasteiger partial charge in [0.2, 0.25) is 0 Å². The van der Waals surface area contributed by atoms with Gasteiger partial charge < -0.3 is 20.7 Å². The minimum atomic E-state index is -3.93. The summed E-state index contributed by atoms with van der Waals surface area (Å²) < 4.78 is 22.5. The molecule has 0 amide bonds. The van der Waals surface area contributed by atoms with E-state index < -0.39 is 31.7 Å². The molecule has 1 aliphatic rings. The van der Waals surface area contributed by atoms with Crippen molar-refractivity contribution >= 4 is 19.5 Å². The number of hydrogen-bond donors (Lipinski definition) is 3. The van der Waals surface area contributed by atoms with E-state index in [9.17, 15) is 19.0 Å². The number of rotatable bonds is 14. The predicted octanol–water partition coefficient (Wildman–Crippen LogP) is 2.48. The summed E-state index contributed by atoms with van der Waals surface area (Å²) in [5.74, 6) is -1.55. The first-order valence-electron chi connectivity index (χ1n) is 10.1. The van der Waals surface area contributed by atoms with Crippen molar-refractivity contribution < 1.29 is 28.3 Å². The Morgan fingerprint density at radius 1 is 1.22 bits per heavy atom. The number of hydrogen-bond acceptors (Lipinski definition) is 7. The van der Waals surface area contributed by atoms with Crippen LogP contribution >= 0.6 is 7.60 Å². The van der Waals surface area contributed by atoms with Crippen LogP contribution in [0.3, 0.4) is 0 Å². The zero-order valence-electron chi connectivity index (χ0n) is 16.4. The van der Waals surface area contributed by atoms with Crippen molar-refractivity contribution in [2.75, 3.05) is 19.3 Å². The molecule has 0 aliphatic carbocycles. The van der Waals surface area contributed by atoms with Gasteiger partial charge in [0.05, 0.1) is 6.16 Å². The molecule has 27 heavy (non-hydrogen) atoms. The fourth-order valence-corrected chi connectivity index (χ4v) is 4.29. The zero-order chi connectivity index (χ0) is 20.1. The highest BCUT2D eigenvalue weighted by molar-refractivity contribution is 7.52. The van der Waals surface area contributed by atoms with Crippen LogP contribution in [0.4, 0.5) is 0 Å². The molecule has 9 heteroatoms. The van der Waals surface area contributed by atoms with Crippen molar-refractivity contribution in [3.63, 3.8) is 0 Å². The lowest BCUT2D eigenvalue weighted by Gasteiger charge is -2.20. The van der Waals surface area contributed by atoms with E-state index in [2.05, 4.69) is 12.2 Å². The Kier molecular flexibility index (Phi) is 12.0. The van der Waals surface area contributed by atoms with Gasteiger partial charge >= 0.3 is 19.5 Å². The van der Waals surface area contributed by atoms with Crippen LogP contribution < -0.4 is 11.1 Å². The monoisotopic (exact) mass is 406 g/mol. The molecule has 0 bridgehead atoms. The molecule has 8 nitrogen and oxygen atoms in total. The molecule has 4 N–H and O–H groups in total. The fourth-order valence-electron chi connectivity index (χ4n) is 2.98. The van der Waals surface area contributed by atoms with E-state index in [1.54, 1.807) is 0 Å². The third-order valence-electron chi connectivity index (χ3n) is 4.57. The number of carbonyl (C=O) groups is 2. The Balaban J connectivity index is 2.55. The highest BCUT2D eigenvalue weighted by Gasteiger charge is 2.33. The summed E-state index contributed by atoms with van der Waals surface area (Å²) in [5, 5.41) is 2.96. The number of nitrogens with two attached hydrogens (primary N) is 1. The molecular weight excluding hydrogens is 371 g/mol. The van der Waals surface area contributed by atoms with Gasteiger partial charge in [-0.1, -0.05) is 32.6 Å². The Labute approximate surface area is 162 Å². The van der Waals surface area contributed by atoms with Crippen LogP contribution in [0.25, 0.3) is 0 Å². The van der Waals surface area contributed by atoms with Crippen LogP contribution in [0.2, 0.25) is 0 Å². The van der Waals surface area contributed by atoms with Crippen LogP contribution in [0.5, 0.6) is 0 Å². The van der Waals surface area contributed by atoms with Crippen LogP contribution in [-0.2, 0) is 23.4 Å². The second-order valence-corrected chi connectivity index (χ2v) is 8.98. The third kappa shape index (κ3) is 10.4. The smallest absolute Gasteiger partial charge is 0.343 e. The fraction of sp³-hybridized carbons (Fsp3) is 0.889. The largest absolute Gasteiger partial charge is 0.390 e. The van der Waals surface area contributed by atoms with Crippen LogP contribution in [0.1, 0.15) is 71.1 Å². The summed E-state index contributed by atoms with van der Waals surface area (Å²) in [6, 6.07) is -0.502. The SMILES string of the molecule is CCCCCCCP(=O)(O)OC(CCCCN)C(=O)OC(=O)[C@@H]1CCCN1. The number of carbonyl (C=O) groups excluding carboxylic acids is 2. The molecule has 1 saturated heterocycles. The van der Waals surface area contributed by atoms with Gasteiger partial charge in [-0.3, -0.25) is 9.09 Å². The standard InChI is InChI=1S/C18H35N2O6P/c1-2-3-4-5-8-14-27(23,24)26-16(11-6-7-12-19)18(22)25-17(21)15-10-9-13-20-15/h15-16,20H,2-14,19H2,1H3,(H,23,24)/t15-,16?/m0/s1. The topological polar surface area (TPSA) is 128 Å². The molecule has 1 fully saturated rings. The summed E-state index contributed by atoms with van der Waals surface area (Å²) in [5.41, 5.74) is 5.46. The first kappa shape index (κ1) is 24.2. The molecule has 158 valence electrons. The summed E-state index contributed by atoms with van der Waals surface area (Å²) in [6.45, 7) is 3.25. The first-order chi connectivity index (χ1) is 12.9. The molecule has 1 rings (SSSR count). The van der Waals surface area contributed by atoms with Crippen LogP contribution in [0, 0.1) is 0 Å². The zero-order valence-corrected chi connectivity index (χ0v) is 17.3. The second kappa shape index (κ2) is 13.4. The van der Waals surface area contributed by atoms with Gasteiger partial charge in [0.25, 0.3) is 0 Å². The van der Waals surface area contributed by atoms with E-state index in [4.69, 9.17) is 15.0 Å². The molecular formula is C18H35N2O6P. The second-order valence-electron chi connectivity index (χ2n) is 7.04. The summed E-state index contributed by atoms with van der Waals surface area (Å²) in [7, 11) is -3.93. The lowest BCUT2D eigenvalue weighted by molar-refractivity contribution is -0.166. The van der Waals surface area contributed by atoms with E-state index >= 15 is 0 Å². The van der Waals surface area contributed by atoms with E-state index in [1.165, 1.54) is 0 Å². The molecule has 1 aliphatic heterocycles. The van der Waals surface area contributed by atoms with Crippen molar-refractivity contribution in [2.24, 2.45) is 5.73 Å². The predicted molar refractivity (Wildman–Crippen MR) is 103 cm³/mol. The van der Waals surface area contributed by atoms with Gasteiger partial charge in [0.15, 0.2) is 6.10 Å². The Morgan fingerprint density at radius 3 is 2.59 bits per heavy atom. The Morgan fingerprint density at radius 2 is 1.96 bits per heavy atom. The van der Waals surface area contributed by atoms with Crippen molar-refractivity contribution in [1.29, 1.82) is 0 Å². The van der Waals surface area contributed by atoms with Gasteiger partial charge in [-0.25, -0.2) is 9.59 Å². The van der Waals surface area contributed by atoms with E-state index in [0.29, 0.717) is 38.8 Å². The summed E-state index contributed by atoms with van der Waals surface area (Å²) >= 11 is 0. The van der Waals surface area contributed by atoms with Crippen molar-refractivity contribution in [3.8, 4) is 0 Å². The van der Waals surface area contributed by atoms with E-state index in [0.717, 1.165) is 32.1 Å². The average molecular weight is 406 g/mol. The maximum absolute atomic E-state index is 12.3. The molecule has 0 aromatic heterocycles. The minimum Gasteiger partial charge on any atom is -0.390 e. The highest BCUT2D eigenvalue weighted by Crippen LogP contribution is 2.45. The average Bonchev–Trinajstić information content (AvgIpc) is 3.15. The molecule has 0 radical (unpaired) electrons. The quantitative estimate of drug-likeness (QED) is 0.174. The maximum Gasteiger partial charge on any atom is 0.343 e. The van der Waals surface area contributed by atoms with E-state index in [1.807, 2.05) is 0 Å². The number of unbranched alkanes of at least 4 members (excludes halogenated alkanes) is 5. The molecule has 1 heterocycles. The Hall–Kier alpha value is -0.790. The highest BCUT2D eigenvalue weighted by atomic mass is 31.2. The normalized spacial score (nSPS) is 20.2. The number of nitrogens with one attached hydrogen (secondary N) is 1. The molecule has 0 saturated carbocycles.